The zero-order valence-electron chi connectivity index (χ0n) is 16.1. The first-order chi connectivity index (χ1) is 13.6. The summed E-state index contributed by atoms with van der Waals surface area (Å²) < 4.78 is 5.28. The van der Waals surface area contributed by atoms with E-state index in [9.17, 15) is 5.26 Å². The van der Waals surface area contributed by atoms with Crippen molar-refractivity contribution < 1.29 is 4.74 Å². The fraction of sp³-hybridized carbons (Fsp3) is 0.227. The molecule has 0 bridgehead atoms. The van der Waals surface area contributed by atoms with Crippen molar-refractivity contribution >= 4 is 22.7 Å². The van der Waals surface area contributed by atoms with E-state index in [1.807, 2.05) is 29.6 Å². The quantitative estimate of drug-likeness (QED) is 0.436. The van der Waals surface area contributed by atoms with Crippen LogP contribution in [0.1, 0.15) is 24.4 Å². The average molecular weight is 391 g/mol. The molecule has 0 aliphatic heterocycles. The number of hydrogen-bond acceptors (Lipinski definition) is 6. The molecule has 1 N–H and O–H groups in total. The van der Waals surface area contributed by atoms with Crippen LogP contribution >= 0.6 is 11.3 Å². The highest BCUT2D eigenvalue weighted by molar-refractivity contribution is 7.12. The van der Waals surface area contributed by atoms with Crippen molar-refractivity contribution in [3.05, 3.63) is 64.5 Å². The van der Waals surface area contributed by atoms with Gasteiger partial charge in [-0.25, -0.2) is 4.98 Å². The molecule has 1 aromatic heterocycles. The van der Waals surface area contributed by atoms with E-state index >= 15 is 0 Å². The Kier molecular flexibility index (Phi) is 6.41. The van der Waals surface area contributed by atoms with Crippen LogP contribution in [-0.4, -0.2) is 17.8 Å². The van der Waals surface area contributed by atoms with E-state index in [1.54, 1.807) is 7.11 Å². The third-order valence-electron chi connectivity index (χ3n) is 4.10. The lowest BCUT2D eigenvalue weighted by Crippen LogP contribution is -2.02. The molecule has 3 rings (SSSR count). The molecule has 2 aromatic carbocycles. The van der Waals surface area contributed by atoms with Gasteiger partial charge in [0.2, 0.25) is 0 Å². The monoisotopic (exact) mass is 390 g/mol. The van der Waals surface area contributed by atoms with Crippen molar-refractivity contribution in [3.63, 3.8) is 0 Å². The lowest BCUT2D eigenvalue weighted by Gasteiger charge is -2.06. The van der Waals surface area contributed by atoms with Gasteiger partial charge >= 0.3 is 0 Å². The van der Waals surface area contributed by atoms with E-state index < -0.39 is 0 Å². The number of hydrogen-bond donors (Lipinski definition) is 1. The van der Waals surface area contributed by atoms with Crippen molar-refractivity contribution in [2.45, 2.75) is 20.3 Å². The fourth-order valence-electron chi connectivity index (χ4n) is 2.77. The maximum atomic E-state index is 9.50. The molecular formula is C22H22N4OS. The summed E-state index contributed by atoms with van der Waals surface area (Å²) in [7, 11) is 1.59. The van der Waals surface area contributed by atoms with Gasteiger partial charge in [-0.05, 0) is 30.0 Å². The number of nitrogens with zero attached hydrogens (tertiary/aromatic N) is 3. The van der Waals surface area contributed by atoms with Crippen molar-refractivity contribution in [1.82, 2.24) is 4.98 Å². The minimum absolute atomic E-state index is 0.235. The number of methoxy groups -OCH3 is 1. The van der Waals surface area contributed by atoms with Gasteiger partial charge in [-0.1, -0.05) is 50.2 Å². The van der Waals surface area contributed by atoms with E-state index in [1.165, 1.54) is 16.9 Å². The van der Waals surface area contributed by atoms with Crippen molar-refractivity contribution in [3.8, 4) is 23.1 Å². The lowest BCUT2D eigenvalue weighted by atomic mass is 10.0. The molecule has 0 aliphatic rings. The van der Waals surface area contributed by atoms with Crippen LogP contribution in [0.15, 0.2) is 59.0 Å². The van der Waals surface area contributed by atoms with Crippen molar-refractivity contribution in [2.75, 3.05) is 12.5 Å². The van der Waals surface area contributed by atoms with Gasteiger partial charge in [0.25, 0.3) is 0 Å². The topological polar surface area (TPSA) is 70.3 Å². The highest BCUT2D eigenvalue weighted by atomic mass is 32.1. The maximum Gasteiger partial charge on any atom is 0.196 e. The Morgan fingerprint density at radius 1 is 1.21 bits per heavy atom. The first-order valence-corrected chi connectivity index (χ1v) is 9.90. The number of para-hydroxylation sites is 2. The van der Waals surface area contributed by atoms with Crippen LogP contribution in [0.3, 0.4) is 0 Å². The molecule has 0 aliphatic carbocycles. The molecule has 0 atom stereocenters. The molecule has 28 heavy (non-hydrogen) atoms. The Balaban J connectivity index is 1.78. The number of anilines is 1. The van der Waals surface area contributed by atoms with Gasteiger partial charge in [-0.15, -0.1) is 11.3 Å². The smallest absolute Gasteiger partial charge is 0.196 e. The molecule has 0 fully saturated rings. The Morgan fingerprint density at radius 3 is 2.64 bits per heavy atom. The van der Waals surface area contributed by atoms with Crippen LogP contribution in [0, 0.1) is 17.2 Å². The van der Waals surface area contributed by atoms with Gasteiger partial charge in [0.15, 0.2) is 10.7 Å². The van der Waals surface area contributed by atoms with Crippen molar-refractivity contribution in [1.29, 1.82) is 5.26 Å². The van der Waals surface area contributed by atoms with Crippen LogP contribution in [0.2, 0.25) is 0 Å². The first kappa shape index (κ1) is 19.6. The Morgan fingerprint density at radius 2 is 1.96 bits per heavy atom. The second-order valence-electron chi connectivity index (χ2n) is 6.72. The predicted octanol–water partition coefficient (Wildman–Crippen LogP) is 5.36. The molecule has 6 heteroatoms. The number of rotatable bonds is 7. The summed E-state index contributed by atoms with van der Waals surface area (Å²) in [6.07, 6.45) is 1.06. The normalized spacial score (nSPS) is 11.3. The number of nitriles is 1. The van der Waals surface area contributed by atoms with E-state index in [4.69, 9.17) is 4.74 Å². The molecule has 142 valence electrons. The zero-order chi connectivity index (χ0) is 19.9. The summed E-state index contributed by atoms with van der Waals surface area (Å²) in [5, 5.41) is 16.2. The molecule has 5 nitrogen and oxygen atoms in total. The van der Waals surface area contributed by atoms with Crippen LogP contribution in [0.25, 0.3) is 11.3 Å². The second kappa shape index (κ2) is 9.16. The standard InChI is InChI=1S/C22H22N4OS/c1-15(2)12-16-8-10-17(11-9-16)20-14-28-22(24-20)19(13-23)26-25-18-6-4-5-7-21(18)27-3/h4-11,14-15,25H,12H2,1-3H3. The van der Waals surface area contributed by atoms with Crippen LogP contribution in [-0.2, 0) is 6.42 Å². The molecular weight excluding hydrogens is 368 g/mol. The van der Waals surface area contributed by atoms with Crippen molar-refractivity contribution in [2.24, 2.45) is 11.0 Å². The van der Waals surface area contributed by atoms with Gasteiger partial charge < -0.3 is 4.74 Å². The summed E-state index contributed by atoms with van der Waals surface area (Å²) in [4.78, 5) is 4.59. The Bertz CT molecular complexity index is 1000. The number of aromatic nitrogens is 1. The summed E-state index contributed by atoms with van der Waals surface area (Å²) >= 11 is 1.40. The highest BCUT2D eigenvalue weighted by Crippen LogP contribution is 2.25. The molecule has 0 unspecified atom stereocenters. The first-order valence-electron chi connectivity index (χ1n) is 9.02. The number of nitrogens with one attached hydrogen (secondary N) is 1. The second-order valence-corrected chi connectivity index (χ2v) is 7.58. The Labute approximate surface area is 169 Å². The predicted molar refractivity (Wildman–Crippen MR) is 115 cm³/mol. The number of thiazole rings is 1. The van der Waals surface area contributed by atoms with E-state index in [2.05, 4.69) is 59.7 Å². The van der Waals surface area contributed by atoms with Gasteiger partial charge in [-0.2, -0.15) is 10.4 Å². The van der Waals surface area contributed by atoms with E-state index in [-0.39, 0.29) is 5.71 Å². The fourth-order valence-corrected chi connectivity index (χ4v) is 3.54. The zero-order valence-corrected chi connectivity index (χ0v) is 17.0. The largest absolute Gasteiger partial charge is 0.495 e. The molecule has 0 spiro atoms. The minimum Gasteiger partial charge on any atom is -0.495 e. The minimum atomic E-state index is 0.235. The molecule has 0 saturated carbocycles. The van der Waals surface area contributed by atoms with Crippen LogP contribution in [0.5, 0.6) is 5.75 Å². The molecule has 3 aromatic rings. The number of ether oxygens (including phenoxy) is 1. The van der Waals surface area contributed by atoms with Gasteiger partial charge in [0.05, 0.1) is 18.5 Å². The Hall–Kier alpha value is -3.17. The third-order valence-corrected chi connectivity index (χ3v) is 4.95. The number of benzene rings is 2. The average Bonchev–Trinajstić information content (AvgIpc) is 3.19. The maximum absolute atomic E-state index is 9.50. The van der Waals surface area contributed by atoms with Crippen LogP contribution in [0.4, 0.5) is 5.69 Å². The van der Waals surface area contributed by atoms with Gasteiger partial charge in [-0.3, -0.25) is 5.43 Å². The summed E-state index contributed by atoms with van der Waals surface area (Å²) in [6.45, 7) is 4.42. The van der Waals surface area contributed by atoms with E-state index in [0.29, 0.717) is 22.4 Å². The number of hydrazone groups is 1. The lowest BCUT2D eigenvalue weighted by molar-refractivity contribution is 0.416. The third kappa shape index (κ3) is 4.76. The van der Waals surface area contributed by atoms with E-state index in [0.717, 1.165) is 17.7 Å². The van der Waals surface area contributed by atoms with Crippen LogP contribution < -0.4 is 10.2 Å². The summed E-state index contributed by atoms with van der Waals surface area (Å²) in [6, 6.07) is 17.9. The van der Waals surface area contributed by atoms with Gasteiger partial charge in [0.1, 0.15) is 11.8 Å². The summed E-state index contributed by atoms with van der Waals surface area (Å²) in [5.74, 6) is 1.28. The SMILES string of the molecule is COc1ccccc1NN=C(C#N)c1nc(-c2ccc(CC(C)C)cc2)cs1. The molecule has 0 radical (unpaired) electrons. The molecule has 0 amide bonds. The summed E-state index contributed by atoms with van der Waals surface area (Å²) in [5.41, 5.74) is 7.01. The molecule has 0 saturated heterocycles. The molecule has 1 heterocycles. The van der Waals surface area contributed by atoms with Gasteiger partial charge in [0, 0.05) is 10.9 Å². The highest BCUT2D eigenvalue weighted by Gasteiger charge is 2.11.